The maximum absolute atomic E-state index is 5.61. The molecule has 1 rings (SSSR count). The Morgan fingerprint density at radius 2 is 2.06 bits per heavy atom. The third-order valence-corrected chi connectivity index (χ3v) is 3.47. The largest absolute Gasteiger partial charge is 0.492 e. The fraction of sp³-hybridized carbons (Fsp3) is 0.417. The molecule has 0 aliphatic heterocycles. The normalized spacial score (nSPS) is 12.5. The van der Waals surface area contributed by atoms with E-state index in [4.69, 9.17) is 22.7 Å². The van der Waals surface area contributed by atoms with Gasteiger partial charge in [0.2, 0.25) is 0 Å². The van der Waals surface area contributed by atoms with Crippen molar-refractivity contribution in [3.05, 3.63) is 28.7 Å². The summed E-state index contributed by atoms with van der Waals surface area (Å²) in [4.78, 5) is 2.58. The molecule has 0 aliphatic rings. The SMILES string of the molecule is CC(C(N)=S)N(C)CCOc1ccc(Br)cc1. The molecule has 1 unspecified atom stereocenters. The summed E-state index contributed by atoms with van der Waals surface area (Å²) in [6, 6.07) is 7.87. The molecule has 0 aromatic heterocycles. The number of halogens is 1. The number of benzene rings is 1. The van der Waals surface area contributed by atoms with E-state index in [1.165, 1.54) is 0 Å². The highest BCUT2D eigenvalue weighted by Gasteiger charge is 2.10. The number of hydrogen-bond donors (Lipinski definition) is 1. The minimum atomic E-state index is 0.0958. The Bertz CT molecular complexity index is 369. The molecule has 1 aromatic carbocycles. The molecule has 0 aliphatic carbocycles. The molecule has 1 aromatic rings. The van der Waals surface area contributed by atoms with Crippen LogP contribution in [-0.2, 0) is 0 Å². The van der Waals surface area contributed by atoms with E-state index in [0.29, 0.717) is 11.6 Å². The van der Waals surface area contributed by atoms with Crippen molar-refractivity contribution in [3.63, 3.8) is 0 Å². The summed E-state index contributed by atoms with van der Waals surface area (Å²) in [7, 11) is 1.98. The molecule has 0 bridgehead atoms. The highest BCUT2D eigenvalue weighted by molar-refractivity contribution is 9.10. The standard InChI is InChI=1S/C12H17BrN2OS/c1-9(12(14)17)15(2)7-8-16-11-5-3-10(13)4-6-11/h3-6,9H,7-8H2,1-2H3,(H2,14,17). The van der Waals surface area contributed by atoms with Gasteiger partial charge in [0.05, 0.1) is 11.0 Å². The molecule has 0 heterocycles. The molecule has 17 heavy (non-hydrogen) atoms. The summed E-state index contributed by atoms with van der Waals surface area (Å²) < 4.78 is 6.66. The lowest BCUT2D eigenvalue weighted by Crippen LogP contribution is -2.41. The van der Waals surface area contributed by atoms with Crippen molar-refractivity contribution >= 4 is 33.1 Å². The highest BCUT2D eigenvalue weighted by atomic mass is 79.9. The van der Waals surface area contributed by atoms with Crippen molar-refractivity contribution < 1.29 is 4.74 Å². The maximum atomic E-state index is 5.61. The Hall–Kier alpha value is -0.650. The highest BCUT2D eigenvalue weighted by Crippen LogP contribution is 2.15. The van der Waals surface area contributed by atoms with Crippen LogP contribution >= 0.6 is 28.1 Å². The van der Waals surface area contributed by atoms with Gasteiger partial charge in [0.1, 0.15) is 12.4 Å². The van der Waals surface area contributed by atoms with E-state index >= 15 is 0 Å². The molecule has 3 nitrogen and oxygen atoms in total. The minimum Gasteiger partial charge on any atom is -0.492 e. The Labute approximate surface area is 116 Å². The average Bonchev–Trinajstić information content (AvgIpc) is 2.30. The van der Waals surface area contributed by atoms with Gasteiger partial charge in [-0.15, -0.1) is 0 Å². The van der Waals surface area contributed by atoms with Gasteiger partial charge in [0.15, 0.2) is 0 Å². The molecule has 0 saturated carbocycles. The number of ether oxygens (including phenoxy) is 1. The number of nitrogens with two attached hydrogens (primary N) is 1. The van der Waals surface area contributed by atoms with Crippen molar-refractivity contribution in [1.29, 1.82) is 0 Å². The Balaban J connectivity index is 2.32. The molecule has 2 N–H and O–H groups in total. The molecular weight excluding hydrogens is 300 g/mol. The van der Waals surface area contributed by atoms with Crippen LogP contribution in [0.3, 0.4) is 0 Å². The fourth-order valence-corrected chi connectivity index (χ4v) is 1.69. The summed E-state index contributed by atoms with van der Waals surface area (Å²) in [5.74, 6) is 0.865. The number of likely N-dealkylation sites (N-methyl/N-ethyl adjacent to an activating group) is 1. The van der Waals surface area contributed by atoms with E-state index in [2.05, 4.69) is 20.8 Å². The quantitative estimate of drug-likeness (QED) is 0.818. The molecule has 0 amide bonds. The van der Waals surface area contributed by atoms with Crippen LogP contribution in [0, 0.1) is 0 Å². The van der Waals surface area contributed by atoms with Crippen molar-refractivity contribution in [3.8, 4) is 5.75 Å². The van der Waals surface area contributed by atoms with E-state index in [0.717, 1.165) is 16.8 Å². The number of hydrogen-bond acceptors (Lipinski definition) is 3. The number of rotatable bonds is 6. The first kappa shape index (κ1) is 14.4. The van der Waals surface area contributed by atoms with Gasteiger partial charge in [0, 0.05) is 11.0 Å². The monoisotopic (exact) mass is 316 g/mol. The van der Waals surface area contributed by atoms with E-state index in [-0.39, 0.29) is 6.04 Å². The first-order valence-electron chi connectivity index (χ1n) is 5.38. The van der Waals surface area contributed by atoms with Crippen LogP contribution in [0.15, 0.2) is 28.7 Å². The topological polar surface area (TPSA) is 38.5 Å². The van der Waals surface area contributed by atoms with E-state index in [1.54, 1.807) is 0 Å². The van der Waals surface area contributed by atoms with Crippen molar-refractivity contribution in [2.75, 3.05) is 20.2 Å². The zero-order chi connectivity index (χ0) is 12.8. The lowest BCUT2D eigenvalue weighted by atomic mass is 10.3. The second kappa shape index (κ2) is 6.93. The van der Waals surface area contributed by atoms with Gasteiger partial charge in [0.25, 0.3) is 0 Å². The van der Waals surface area contributed by atoms with Gasteiger partial charge >= 0.3 is 0 Å². The van der Waals surface area contributed by atoms with Gasteiger partial charge in [-0.05, 0) is 38.2 Å². The summed E-state index contributed by atoms with van der Waals surface area (Å²) in [5.41, 5.74) is 5.58. The minimum absolute atomic E-state index is 0.0958. The third-order valence-electron chi connectivity index (χ3n) is 2.60. The van der Waals surface area contributed by atoms with Gasteiger partial charge in [-0.2, -0.15) is 0 Å². The molecule has 0 radical (unpaired) electrons. The van der Waals surface area contributed by atoms with Gasteiger partial charge in [-0.25, -0.2) is 0 Å². The predicted octanol–water partition coefficient (Wildman–Crippen LogP) is 2.43. The summed E-state index contributed by atoms with van der Waals surface area (Å²) >= 11 is 8.32. The summed E-state index contributed by atoms with van der Waals surface area (Å²) in [6.45, 7) is 3.39. The zero-order valence-corrected chi connectivity index (χ0v) is 12.4. The third kappa shape index (κ3) is 5.02. The molecule has 0 saturated heterocycles. The molecule has 94 valence electrons. The molecule has 0 fully saturated rings. The average molecular weight is 317 g/mol. The Morgan fingerprint density at radius 1 is 1.47 bits per heavy atom. The van der Waals surface area contributed by atoms with Crippen LogP contribution in [0.2, 0.25) is 0 Å². The van der Waals surface area contributed by atoms with E-state index < -0.39 is 0 Å². The predicted molar refractivity (Wildman–Crippen MR) is 78.5 cm³/mol. The van der Waals surface area contributed by atoms with Crippen molar-refractivity contribution in [1.82, 2.24) is 4.90 Å². The summed E-state index contributed by atoms with van der Waals surface area (Å²) in [6.07, 6.45) is 0. The second-order valence-corrected chi connectivity index (χ2v) is 5.25. The van der Waals surface area contributed by atoms with Crippen LogP contribution in [0.25, 0.3) is 0 Å². The molecular formula is C12H17BrN2OS. The first-order valence-corrected chi connectivity index (χ1v) is 6.58. The summed E-state index contributed by atoms with van der Waals surface area (Å²) in [5, 5.41) is 0. The Kier molecular flexibility index (Phi) is 5.88. The Morgan fingerprint density at radius 3 is 2.59 bits per heavy atom. The van der Waals surface area contributed by atoms with E-state index in [9.17, 15) is 0 Å². The van der Waals surface area contributed by atoms with Crippen LogP contribution < -0.4 is 10.5 Å². The van der Waals surface area contributed by atoms with E-state index in [1.807, 2.05) is 38.2 Å². The number of thiocarbonyl (C=S) groups is 1. The van der Waals surface area contributed by atoms with Crippen LogP contribution in [-0.4, -0.2) is 36.1 Å². The number of nitrogens with zero attached hydrogens (tertiary/aromatic N) is 1. The molecule has 0 spiro atoms. The van der Waals surface area contributed by atoms with Crippen molar-refractivity contribution in [2.45, 2.75) is 13.0 Å². The first-order chi connectivity index (χ1) is 8.00. The maximum Gasteiger partial charge on any atom is 0.119 e. The fourth-order valence-electron chi connectivity index (χ4n) is 1.25. The van der Waals surface area contributed by atoms with Gasteiger partial charge < -0.3 is 10.5 Å². The van der Waals surface area contributed by atoms with Crippen LogP contribution in [0.4, 0.5) is 0 Å². The second-order valence-electron chi connectivity index (χ2n) is 3.86. The van der Waals surface area contributed by atoms with Gasteiger partial charge in [-0.3, -0.25) is 4.90 Å². The lowest BCUT2D eigenvalue weighted by molar-refractivity contribution is 0.227. The zero-order valence-electron chi connectivity index (χ0n) is 10.0. The smallest absolute Gasteiger partial charge is 0.119 e. The van der Waals surface area contributed by atoms with Crippen molar-refractivity contribution in [2.24, 2.45) is 5.73 Å². The lowest BCUT2D eigenvalue weighted by Gasteiger charge is -2.23. The van der Waals surface area contributed by atoms with Gasteiger partial charge in [-0.1, -0.05) is 28.1 Å². The molecule has 1 atom stereocenters. The van der Waals surface area contributed by atoms with Crippen LogP contribution in [0.5, 0.6) is 5.75 Å². The van der Waals surface area contributed by atoms with Crippen LogP contribution in [0.1, 0.15) is 6.92 Å². The molecule has 5 heteroatoms.